The number of nitriles is 1. The Labute approximate surface area is 161 Å². The number of H-pyrrole nitrogens is 1. The second kappa shape index (κ2) is 7.80. The zero-order valence-corrected chi connectivity index (χ0v) is 16.9. The summed E-state index contributed by atoms with van der Waals surface area (Å²) >= 11 is 2.86. The van der Waals surface area contributed by atoms with Crippen molar-refractivity contribution in [3.05, 3.63) is 22.3 Å². The Kier molecular flexibility index (Phi) is 5.68. The predicted octanol–water partition coefficient (Wildman–Crippen LogP) is 4.01. The number of hydrogen-bond donors (Lipinski definition) is 2. The van der Waals surface area contributed by atoms with Crippen LogP contribution < -0.4 is 5.32 Å². The first-order valence-corrected chi connectivity index (χ1v) is 10.6. The molecule has 0 aromatic carbocycles. The van der Waals surface area contributed by atoms with Crippen LogP contribution in [0.5, 0.6) is 0 Å². The highest BCUT2D eigenvalue weighted by molar-refractivity contribution is 7.99. The highest BCUT2D eigenvalue weighted by atomic mass is 32.2. The fourth-order valence-corrected chi connectivity index (χ4v) is 5.18. The van der Waals surface area contributed by atoms with Gasteiger partial charge in [0.25, 0.3) is 0 Å². The topological polar surface area (TPSA) is 94.5 Å². The molecule has 138 valence electrons. The Balaban J connectivity index is 1.71. The van der Waals surface area contributed by atoms with Gasteiger partial charge in [0.15, 0.2) is 5.16 Å². The lowest BCUT2D eigenvalue weighted by molar-refractivity contribution is -0.113. The number of aromatic nitrogens is 3. The monoisotopic (exact) mass is 389 g/mol. The summed E-state index contributed by atoms with van der Waals surface area (Å²) in [5.74, 6) is 0.719. The number of carbonyl (C=O) groups excluding carboxylic acids is 1. The summed E-state index contributed by atoms with van der Waals surface area (Å²) < 4.78 is 0. The third-order valence-corrected chi connectivity index (χ3v) is 7.43. The maximum atomic E-state index is 12.3. The quantitative estimate of drug-likeness (QED) is 0.728. The van der Waals surface area contributed by atoms with Crippen LogP contribution in [-0.4, -0.2) is 26.8 Å². The van der Waals surface area contributed by atoms with E-state index in [4.69, 9.17) is 0 Å². The van der Waals surface area contributed by atoms with Gasteiger partial charge in [-0.15, -0.1) is 11.3 Å². The highest BCUT2D eigenvalue weighted by Gasteiger charge is 2.34. The fraction of sp³-hybridized carbons (Fsp3) is 0.556. The molecule has 8 heteroatoms. The smallest absolute Gasteiger partial charge is 0.235 e. The number of thiophene rings is 1. The van der Waals surface area contributed by atoms with E-state index in [0.717, 1.165) is 31.2 Å². The molecule has 0 spiro atoms. The van der Waals surface area contributed by atoms with Crippen molar-refractivity contribution in [3.63, 3.8) is 0 Å². The van der Waals surface area contributed by atoms with E-state index in [9.17, 15) is 10.1 Å². The largest absolute Gasteiger partial charge is 0.316 e. The van der Waals surface area contributed by atoms with Gasteiger partial charge in [-0.2, -0.15) is 10.4 Å². The Morgan fingerprint density at radius 3 is 3.04 bits per heavy atom. The average molecular weight is 390 g/mol. The molecule has 0 radical (unpaired) electrons. The summed E-state index contributed by atoms with van der Waals surface area (Å²) in [6.45, 7) is 6.89. The highest BCUT2D eigenvalue weighted by Crippen LogP contribution is 2.45. The van der Waals surface area contributed by atoms with Gasteiger partial charge in [0.2, 0.25) is 5.91 Å². The minimum Gasteiger partial charge on any atom is -0.316 e. The number of nitrogens with one attached hydrogen (secondary N) is 2. The third-order valence-electron chi connectivity index (χ3n) is 5.38. The minimum atomic E-state index is -0.132. The lowest BCUT2D eigenvalue weighted by Crippen LogP contribution is -2.28. The van der Waals surface area contributed by atoms with E-state index in [1.54, 1.807) is 11.3 Å². The van der Waals surface area contributed by atoms with Gasteiger partial charge in [0, 0.05) is 4.88 Å². The van der Waals surface area contributed by atoms with E-state index in [2.05, 4.69) is 47.3 Å². The van der Waals surface area contributed by atoms with Gasteiger partial charge < -0.3 is 5.32 Å². The lowest BCUT2D eigenvalue weighted by atomic mass is 9.69. The van der Waals surface area contributed by atoms with E-state index in [-0.39, 0.29) is 11.7 Å². The van der Waals surface area contributed by atoms with Gasteiger partial charge in [-0.25, -0.2) is 4.98 Å². The molecule has 0 saturated carbocycles. The molecule has 2 aromatic heterocycles. The van der Waals surface area contributed by atoms with Gasteiger partial charge in [-0.1, -0.05) is 39.0 Å². The number of thioether (sulfide) groups is 1. The summed E-state index contributed by atoms with van der Waals surface area (Å²) in [5.41, 5.74) is 2.08. The van der Waals surface area contributed by atoms with Crippen molar-refractivity contribution in [1.29, 1.82) is 5.26 Å². The van der Waals surface area contributed by atoms with E-state index < -0.39 is 0 Å². The van der Waals surface area contributed by atoms with Crippen molar-refractivity contribution in [2.45, 2.75) is 51.6 Å². The van der Waals surface area contributed by atoms with Gasteiger partial charge in [0.05, 0.1) is 11.3 Å². The summed E-state index contributed by atoms with van der Waals surface area (Å²) in [7, 11) is 0. The molecule has 3 rings (SSSR count). The van der Waals surface area contributed by atoms with E-state index in [1.165, 1.54) is 23.0 Å². The number of carbonyl (C=O) groups is 1. The number of aromatic amines is 1. The first kappa shape index (κ1) is 18.9. The summed E-state index contributed by atoms with van der Waals surface area (Å²) in [5, 5.41) is 20.3. The first-order valence-electron chi connectivity index (χ1n) is 8.77. The molecular weight excluding hydrogens is 366 g/mol. The summed E-state index contributed by atoms with van der Waals surface area (Å²) in [6, 6.07) is 2.31. The number of rotatable bonds is 6. The molecule has 1 atom stereocenters. The second-order valence-corrected chi connectivity index (χ2v) is 9.30. The fourth-order valence-electron chi connectivity index (χ4n) is 3.31. The molecule has 1 aliphatic rings. The molecule has 0 unspecified atom stereocenters. The van der Waals surface area contributed by atoms with Gasteiger partial charge in [-0.3, -0.25) is 9.89 Å². The van der Waals surface area contributed by atoms with Crippen LogP contribution in [0, 0.1) is 22.7 Å². The second-order valence-electron chi connectivity index (χ2n) is 7.23. The number of hydrogen-bond acceptors (Lipinski definition) is 6. The molecular formula is C18H23N5OS2. The molecule has 0 fully saturated rings. The van der Waals surface area contributed by atoms with Crippen LogP contribution in [0.25, 0.3) is 0 Å². The SMILES string of the molecule is CCC(C)(C)[C@@H]1CCc2c(sc(NC(=O)CSc3ncn[nH]3)c2C#N)C1. The molecule has 1 aliphatic carbocycles. The molecule has 2 heterocycles. The molecule has 26 heavy (non-hydrogen) atoms. The normalized spacial score (nSPS) is 16.8. The Morgan fingerprint density at radius 1 is 1.58 bits per heavy atom. The van der Waals surface area contributed by atoms with E-state index in [0.29, 0.717) is 27.1 Å². The zero-order chi connectivity index (χ0) is 18.7. The number of nitrogens with zero attached hydrogens (tertiary/aromatic N) is 3. The zero-order valence-electron chi connectivity index (χ0n) is 15.3. The van der Waals surface area contributed by atoms with Crippen LogP contribution in [0.2, 0.25) is 0 Å². The van der Waals surface area contributed by atoms with Gasteiger partial charge in [-0.05, 0) is 36.2 Å². The maximum Gasteiger partial charge on any atom is 0.235 e. The molecule has 6 nitrogen and oxygen atoms in total. The van der Waals surface area contributed by atoms with Crippen LogP contribution >= 0.6 is 23.1 Å². The standard InChI is InChI=1S/C18H23N5OS2/c1-4-18(2,3)11-5-6-12-13(8-19)16(26-14(12)7-11)22-15(24)9-25-17-20-10-21-23-17/h10-11H,4-7,9H2,1-3H3,(H,22,24)(H,20,21,23)/t11-/m1/s1. The van der Waals surface area contributed by atoms with E-state index >= 15 is 0 Å². The number of anilines is 1. The first-order chi connectivity index (χ1) is 12.4. The predicted molar refractivity (Wildman–Crippen MR) is 104 cm³/mol. The van der Waals surface area contributed by atoms with Gasteiger partial charge >= 0.3 is 0 Å². The van der Waals surface area contributed by atoms with Crippen molar-refractivity contribution >= 4 is 34.0 Å². The van der Waals surface area contributed by atoms with Crippen LogP contribution in [-0.2, 0) is 17.6 Å². The Bertz CT molecular complexity index is 819. The average Bonchev–Trinajstić information content (AvgIpc) is 3.26. The van der Waals surface area contributed by atoms with Crippen molar-refractivity contribution < 1.29 is 4.79 Å². The molecule has 0 aliphatic heterocycles. The van der Waals surface area contributed by atoms with Crippen molar-refractivity contribution in [2.75, 3.05) is 11.1 Å². The van der Waals surface area contributed by atoms with Crippen LogP contribution in [0.4, 0.5) is 5.00 Å². The van der Waals surface area contributed by atoms with Gasteiger partial charge in [0.1, 0.15) is 17.4 Å². The van der Waals surface area contributed by atoms with Crippen molar-refractivity contribution in [2.24, 2.45) is 11.3 Å². The van der Waals surface area contributed by atoms with E-state index in [1.807, 2.05) is 0 Å². The van der Waals surface area contributed by atoms with Crippen molar-refractivity contribution in [1.82, 2.24) is 15.2 Å². The Hall–Kier alpha value is -1.85. The molecule has 2 aromatic rings. The van der Waals surface area contributed by atoms with Crippen LogP contribution in [0.3, 0.4) is 0 Å². The number of fused-ring (bicyclic) bond motifs is 1. The molecule has 2 N–H and O–H groups in total. The molecule has 0 saturated heterocycles. The minimum absolute atomic E-state index is 0.132. The lowest BCUT2D eigenvalue weighted by Gasteiger charge is -2.36. The van der Waals surface area contributed by atoms with Crippen molar-refractivity contribution in [3.8, 4) is 6.07 Å². The summed E-state index contributed by atoms with van der Waals surface area (Å²) in [6.07, 6.45) is 5.58. The molecule has 0 bridgehead atoms. The molecule has 1 amide bonds. The Morgan fingerprint density at radius 2 is 2.38 bits per heavy atom. The van der Waals surface area contributed by atoms with Crippen LogP contribution in [0.1, 0.15) is 49.6 Å². The maximum absolute atomic E-state index is 12.3. The summed E-state index contributed by atoms with van der Waals surface area (Å²) in [4.78, 5) is 17.5. The number of amides is 1. The third kappa shape index (κ3) is 3.94. The van der Waals surface area contributed by atoms with Crippen LogP contribution in [0.15, 0.2) is 11.5 Å².